The van der Waals surface area contributed by atoms with E-state index in [1.807, 2.05) is 49.3 Å². The van der Waals surface area contributed by atoms with Crippen LogP contribution in [0.1, 0.15) is 37.3 Å². The molecular weight excluding hydrogens is 332 g/mol. The average molecular weight is 358 g/mol. The number of carbonyl (C=O) groups is 3. The molecule has 0 aromatic heterocycles. The van der Waals surface area contributed by atoms with Gasteiger partial charge in [-0.2, -0.15) is 0 Å². The number of carbonyl (C=O) groups excluding carboxylic acids is 3. The van der Waals surface area contributed by atoms with Crippen LogP contribution in [0.15, 0.2) is 30.3 Å². The Morgan fingerprint density at radius 1 is 1.23 bits per heavy atom. The van der Waals surface area contributed by atoms with Crippen molar-refractivity contribution in [2.75, 3.05) is 27.2 Å². The normalized spacial score (nSPS) is 19.9. The number of nitrogens with zero attached hydrogens (tertiary/aromatic N) is 2. The number of amides is 4. The average Bonchev–Trinajstić information content (AvgIpc) is 3.16. The molecule has 1 aromatic rings. The molecule has 1 aliphatic heterocycles. The van der Waals surface area contributed by atoms with E-state index in [-0.39, 0.29) is 24.4 Å². The van der Waals surface area contributed by atoms with Crippen molar-refractivity contribution in [2.24, 2.45) is 0 Å². The van der Waals surface area contributed by atoms with Gasteiger partial charge >= 0.3 is 6.03 Å². The molecule has 7 heteroatoms. The van der Waals surface area contributed by atoms with Crippen molar-refractivity contribution in [1.29, 1.82) is 0 Å². The van der Waals surface area contributed by atoms with Crippen LogP contribution in [0.5, 0.6) is 0 Å². The molecule has 1 aromatic carbocycles. The summed E-state index contributed by atoms with van der Waals surface area (Å²) in [7, 11) is 3.87. The molecule has 1 spiro atoms. The molecule has 2 aliphatic rings. The Morgan fingerprint density at radius 3 is 2.50 bits per heavy atom. The van der Waals surface area contributed by atoms with E-state index in [2.05, 4.69) is 10.6 Å². The summed E-state index contributed by atoms with van der Waals surface area (Å²) in [5, 5.41) is 5.76. The summed E-state index contributed by atoms with van der Waals surface area (Å²) < 4.78 is 0. The van der Waals surface area contributed by atoms with Gasteiger partial charge in [0.15, 0.2) is 0 Å². The summed E-state index contributed by atoms with van der Waals surface area (Å²) in [4.78, 5) is 40.5. The summed E-state index contributed by atoms with van der Waals surface area (Å²) in [5.74, 6) is -0.599. The van der Waals surface area contributed by atoms with Gasteiger partial charge < -0.3 is 15.5 Å². The van der Waals surface area contributed by atoms with Gasteiger partial charge in [-0.25, -0.2) is 4.79 Å². The number of urea groups is 1. The Bertz CT molecular complexity index is 683. The zero-order chi connectivity index (χ0) is 18.7. The quantitative estimate of drug-likeness (QED) is 0.751. The third kappa shape index (κ3) is 3.72. The van der Waals surface area contributed by atoms with E-state index in [1.54, 1.807) is 0 Å². The lowest BCUT2D eigenvalue weighted by atomic mass is 9.98. The maximum atomic E-state index is 12.7. The minimum Gasteiger partial charge on any atom is -0.346 e. The Hall–Kier alpha value is -2.41. The molecule has 2 fully saturated rings. The molecule has 1 aliphatic carbocycles. The number of hydrogen-bond acceptors (Lipinski definition) is 4. The fraction of sp³-hybridized carbons (Fsp3) is 0.526. The van der Waals surface area contributed by atoms with Gasteiger partial charge in [-0.05, 0) is 32.5 Å². The summed E-state index contributed by atoms with van der Waals surface area (Å²) >= 11 is 0. The summed E-state index contributed by atoms with van der Waals surface area (Å²) in [6.07, 6.45) is 3.15. The van der Waals surface area contributed by atoms with Crippen LogP contribution >= 0.6 is 0 Å². The lowest BCUT2D eigenvalue weighted by Crippen LogP contribution is -2.46. The monoisotopic (exact) mass is 358 g/mol. The Labute approximate surface area is 153 Å². The molecule has 0 unspecified atom stereocenters. The van der Waals surface area contributed by atoms with E-state index in [0.29, 0.717) is 19.4 Å². The number of benzene rings is 1. The van der Waals surface area contributed by atoms with Crippen LogP contribution in [0.4, 0.5) is 4.79 Å². The van der Waals surface area contributed by atoms with Gasteiger partial charge in [-0.1, -0.05) is 43.2 Å². The fourth-order valence-corrected chi connectivity index (χ4v) is 3.81. The standard InChI is InChI=1S/C19H26N4O3/c1-22(2)12-15(14-8-4-3-5-9-14)20-16(24)13-23-17(25)19(21-18(23)26)10-6-7-11-19/h3-5,8-9,15H,6-7,10-13H2,1-2H3,(H,20,24)(H,21,26)/t15-/m1/s1. The molecule has 26 heavy (non-hydrogen) atoms. The van der Waals surface area contributed by atoms with E-state index in [1.165, 1.54) is 0 Å². The van der Waals surface area contributed by atoms with Crippen molar-refractivity contribution in [3.05, 3.63) is 35.9 Å². The van der Waals surface area contributed by atoms with Crippen LogP contribution in [-0.4, -0.2) is 60.4 Å². The van der Waals surface area contributed by atoms with Crippen molar-refractivity contribution in [2.45, 2.75) is 37.3 Å². The Balaban J connectivity index is 1.67. The molecule has 0 bridgehead atoms. The molecule has 4 amide bonds. The van der Waals surface area contributed by atoms with Crippen molar-refractivity contribution >= 4 is 17.8 Å². The Morgan fingerprint density at radius 2 is 1.88 bits per heavy atom. The molecular formula is C19H26N4O3. The highest BCUT2D eigenvalue weighted by atomic mass is 16.2. The lowest BCUT2D eigenvalue weighted by Gasteiger charge is -2.24. The molecule has 3 rings (SSSR count). The van der Waals surface area contributed by atoms with E-state index < -0.39 is 11.6 Å². The molecule has 1 heterocycles. The number of hydrogen-bond donors (Lipinski definition) is 2. The second kappa shape index (κ2) is 7.45. The van der Waals surface area contributed by atoms with Crippen molar-refractivity contribution in [3.8, 4) is 0 Å². The third-order valence-corrected chi connectivity index (χ3v) is 5.09. The molecule has 1 saturated carbocycles. The van der Waals surface area contributed by atoms with Crippen LogP contribution < -0.4 is 10.6 Å². The number of rotatable bonds is 6. The molecule has 1 atom stereocenters. The van der Waals surface area contributed by atoms with E-state index in [4.69, 9.17) is 0 Å². The van der Waals surface area contributed by atoms with Gasteiger partial charge in [0.25, 0.3) is 5.91 Å². The smallest absolute Gasteiger partial charge is 0.325 e. The van der Waals surface area contributed by atoms with Gasteiger partial charge in [0.2, 0.25) is 5.91 Å². The maximum absolute atomic E-state index is 12.7. The second-order valence-corrected chi connectivity index (χ2v) is 7.40. The lowest BCUT2D eigenvalue weighted by molar-refractivity contribution is -0.135. The number of imide groups is 1. The second-order valence-electron chi connectivity index (χ2n) is 7.40. The Kier molecular flexibility index (Phi) is 5.27. The maximum Gasteiger partial charge on any atom is 0.325 e. The fourth-order valence-electron chi connectivity index (χ4n) is 3.81. The highest BCUT2D eigenvalue weighted by molar-refractivity contribution is 6.09. The zero-order valence-corrected chi connectivity index (χ0v) is 15.3. The zero-order valence-electron chi connectivity index (χ0n) is 15.3. The molecule has 7 nitrogen and oxygen atoms in total. The van der Waals surface area contributed by atoms with Gasteiger partial charge in [0.1, 0.15) is 12.1 Å². The first-order valence-electron chi connectivity index (χ1n) is 9.04. The van der Waals surface area contributed by atoms with Crippen molar-refractivity contribution < 1.29 is 14.4 Å². The first-order chi connectivity index (χ1) is 12.4. The first kappa shape index (κ1) is 18.4. The SMILES string of the molecule is CN(C)C[C@@H](NC(=O)CN1C(=O)NC2(CCCC2)C1=O)c1ccccc1. The predicted octanol–water partition coefficient (Wildman–Crippen LogP) is 1.27. The largest absolute Gasteiger partial charge is 0.346 e. The molecule has 140 valence electrons. The van der Waals surface area contributed by atoms with E-state index in [0.717, 1.165) is 23.3 Å². The van der Waals surface area contributed by atoms with Gasteiger partial charge in [0, 0.05) is 6.54 Å². The minimum atomic E-state index is -0.778. The predicted molar refractivity (Wildman–Crippen MR) is 97.3 cm³/mol. The van der Waals surface area contributed by atoms with Crippen molar-refractivity contribution in [3.63, 3.8) is 0 Å². The van der Waals surface area contributed by atoms with Crippen LogP contribution in [0, 0.1) is 0 Å². The minimum absolute atomic E-state index is 0.208. The van der Waals surface area contributed by atoms with Crippen LogP contribution in [0.3, 0.4) is 0 Å². The van der Waals surface area contributed by atoms with Crippen LogP contribution in [-0.2, 0) is 9.59 Å². The van der Waals surface area contributed by atoms with Crippen LogP contribution in [0.25, 0.3) is 0 Å². The summed E-state index contributed by atoms with van der Waals surface area (Å²) in [5.41, 5.74) is 0.207. The number of likely N-dealkylation sites (N-methyl/N-ethyl adjacent to an activating group) is 1. The van der Waals surface area contributed by atoms with Gasteiger partial charge in [-0.3, -0.25) is 14.5 Å². The van der Waals surface area contributed by atoms with Gasteiger partial charge in [0.05, 0.1) is 6.04 Å². The van der Waals surface area contributed by atoms with E-state index >= 15 is 0 Å². The van der Waals surface area contributed by atoms with E-state index in [9.17, 15) is 14.4 Å². The number of nitrogens with one attached hydrogen (secondary N) is 2. The van der Waals surface area contributed by atoms with Crippen LogP contribution in [0.2, 0.25) is 0 Å². The highest BCUT2D eigenvalue weighted by Crippen LogP contribution is 2.34. The summed E-state index contributed by atoms with van der Waals surface area (Å²) in [6, 6.07) is 9.00. The van der Waals surface area contributed by atoms with Gasteiger partial charge in [-0.15, -0.1) is 0 Å². The van der Waals surface area contributed by atoms with Crippen molar-refractivity contribution in [1.82, 2.24) is 20.4 Å². The first-order valence-corrected chi connectivity index (χ1v) is 9.04. The molecule has 0 radical (unpaired) electrons. The molecule has 1 saturated heterocycles. The highest BCUT2D eigenvalue weighted by Gasteiger charge is 2.52. The summed E-state index contributed by atoms with van der Waals surface area (Å²) in [6.45, 7) is 0.378. The molecule has 2 N–H and O–H groups in total. The third-order valence-electron chi connectivity index (χ3n) is 5.09. The topological polar surface area (TPSA) is 81.8 Å².